The molecule has 0 unspecified atom stereocenters. The van der Waals surface area contributed by atoms with E-state index in [1.54, 1.807) is 0 Å². The summed E-state index contributed by atoms with van der Waals surface area (Å²) in [6, 6.07) is 47.9. The highest BCUT2D eigenvalue weighted by Gasteiger charge is 2.30. The molecule has 0 amide bonds. The molecule has 0 saturated carbocycles. The standard InChI is InChI=1S/C46H39B/c1-28-24-30(3)45(31(4)25-28)47(46-32(5)26-29(2)27-33(46)6)42-23-19-36-17-21-40-39(20-16-35-18-22-41(42)44(36)43(35)40)38-15-11-10-14-37(38)34-12-8-7-9-13-34/h7-27H,1-6H3. The van der Waals surface area contributed by atoms with Crippen molar-refractivity contribution in [2.24, 2.45) is 0 Å². The van der Waals surface area contributed by atoms with Crippen molar-refractivity contribution in [1.29, 1.82) is 0 Å². The molecule has 0 fully saturated rings. The van der Waals surface area contributed by atoms with Crippen molar-refractivity contribution in [3.05, 3.63) is 161 Å². The molecule has 226 valence electrons. The molecule has 0 aromatic heterocycles. The molecule has 1 heteroatoms. The second-order valence-electron chi connectivity index (χ2n) is 13.7. The second kappa shape index (κ2) is 11.3. The fraction of sp³-hybridized carbons (Fsp3) is 0.130. The molecule has 0 atom stereocenters. The quantitative estimate of drug-likeness (QED) is 0.136. The first kappa shape index (κ1) is 29.3. The van der Waals surface area contributed by atoms with Crippen molar-refractivity contribution >= 4 is 55.4 Å². The maximum atomic E-state index is 2.41. The summed E-state index contributed by atoms with van der Waals surface area (Å²) in [4.78, 5) is 0. The first-order valence-electron chi connectivity index (χ1n) is 16.8. The molecule has 0 spiro atoms. The monoisotopic (exact) mass is 602 g/mol. The van der Waals surface area contributed by atoms with E-state index >= 15 is 0 Å². The zero-order valence-corrected chi connectivity index (χ0v) is 28.2. The van der Waals surface area contributed by atoms with Gasteiger partial charge in [0.25, 0.3) is 0 Å². The fourth-order valence-electron chi connectivity index (χ4n) is 8.65. The van der Waals surface area contributed by atoms with Gasteiger partial charge < -0.3 is 0 Å². The summed E-state index contributed by atoms with van der Waals surface area (Å²) in [7, 11) is 0. The van der Waals surface area contributed by atoms with Crippen LogP contribution in [-0.2, 0) is 0 Å². The van der Waals surface area contributed by atoms with Crippen LogP contribution in [0.15, 0.2) is 127 Å². The molecular weight excluding hydrogens is 563 g/mol. The van der Waals surface area contributed by atoms with E-state index in [0.717, 1.165) is 0 Å². The number of benzene rings is 8. The number of rotatable bonds is 5. The third-order valence-corrected chi connectivity index (χ3v) is 10.4. The van der Waals surface area contributed by atoms with Crippen molar-refractivity contribution in [1.82, 2.24) is 0 Å². The number of hydrogen-bond acceptors (Lipinski definition) is 0. The van der Waals surface area contributed by atoms with E-state index in [4.69, 9.17) is 0 Å². The van der Waals surface area contributed by atoms with Gasteiger partial charge in [-0.3, -0.25) is 0 Å². The zero-order chi connectivity index (χ0) is 32.4. The van der Waals surface area contributed by atoms with Gasteiger partial charge in [0.2, 0.25) is 6.71 Å². The van der Waals surface area contributed by atoms with Gasteiger partial charge in [-0.2, -0.15) is 0 Å². The highest BCUT2D eigenvalue weighted by atomic mass is 14.2. The zero-order valence-electron chi connectivity index (χ0n) is 28.2. The van der Waals surface area contributed by atoms with E-state index in [0.29, 0.717) is 0 Å². The molecule has 47 heavy (non-hydrogen) atoms. The van der Waals surface area contributed by atoms with E-state index in [-0.39, 0.29) is 6.71 Å². The molecule has 0 saturated heterocycles. The van der Waals surface area contributed by atoms with Crippen molar-refractivity contribution < 1.29 is 0 Å². The summed E-state index contributed by atoms with van der Waals surface area (Å²) in [6.07, 6.45) is 0. The lowest BCUT2D eigenvalue weighted by molar-refractivity contribution is 1.34. The highest BCUT2D eigenvalue weighted by Crippen LogP contribution is 2.41. The lowest BCUT2D eigenvalue weighted by Gasteiger charge is -2.26. The normalized spacial score (nSPS) is 11.6. The Morgan fingerprint density at radius 3 is 1.45 bits per heavy atom. The van der Waals surface area contributed by atoms with Crippen LogP contribution in [-0.4, -0.2) is 6.71 Å². The van der Waals surface area contributed by atoms with Crippen LogP contribution in [0, 0.1) is 41.5 Å². The van der Waals surface area contributed by atoms with E-state index in [1.807, 2.05) is 0 Å². The topological polar surface area (TPSA) is 0 Å². The maximum Gasteiger partial charge on any atom is 0.243 e. The van der Waals surface area contributed by atoms with E-state index < -0.39 is 0 Å². The summed E-state index contributed by atoms with van der Waals surface area (Å²) in [6.45, 7) is 13.7. The predicted octanol–water partition coefficient (Wildman–Crippen LogP) is 10.3. The first-order chi connectivity index (χ1) is 22.8. The second-order valence-corrected chi connectivity index (χ2v) is 13.7. The van der Waals surface area contributed by atoms with Crippen molar-refractivity contribution in [2.75, 3.05) is 0 Å². The Labute approximate surface area is 279 Å². The summed E-state index contributed by atoms with van der Waals surface area (Å²) in [5, 5.41) is 7.96. The van der Waals surface area contributed by atoms with Crippen LogP contribution in [0.1, 0.15) is 33.4 Å². The van der Waals surface area contributed by atoms with Crippen molar-refractivity contribution in [3.8, 4) is 22.3 Å². The van der Waals surface area contributed by atoms with Crippen molar-refractivity contribution in [2.45, 2.75) is 41.5 Å². The minimum absolute atomic E-state index is 0.124. The van der Waals surface area contributed by atoms with Crippen LogP contribution >= 0.6 is 0 Å². The van der Waals surface area contributed by atoms with E-state index in [2.05, 4.69) is 169 Å². The lowest BCUT2D eigenvalue weighted by atomic mass is 9.33. The fourth-order valence-corrected chi connectivity index (χ4v) is 8.65. The highest BCUT2D eigenvalue weighted by molar-refractivity contribution is 6.98. The Balaban J connectivity index is 1.45. The molecule has 0 nitrogen and oxygen atoms in total. The summed E-state index contributed by atoms with van der Waals surface area (Å²) in [5.74, 6) is 0. The Hall–Kier alpha value is -5.14. The average molecular weight is 603 g/mol. The van der Waals surface area contributed by atoms with Gasteiger partial charge in [0, 0.05) is 0 Å². The molecule has 0 heterocycles. The molecule has 8 aromatic rings. The van der Waals surface area contributed by atoms with Crippen LogP contribution in [0.3, 0.4) is 0 Å². The van der Waals surface area contributed by atoms with Gasteiger partial charge in [-0.25, -0.2) is 0 Å². The first-order valence-corrected chi connectivity index (χ1v) is 16.8. The van der Waals surface area contributed by atoms with Gasteiger partial charge in [-0.15, -0.1) is 0 Å². The molecule has 0 aliphatic carbocycles. The molecule has 8 aromatic carbocycles. The predicted molar refractivity (Wildman–Crippen MR) is 207 cm³/mol. The Kier molecular flexibility index (Phi) is 7.03. The molecule has 0 bridgehead atoms. The van der Waals surface area contributed by atoms with Crippen LogP contribution in [0.4, 0.5) is 0 Å². The number of hydrogen-bond donors (Lipinski definition) is 0. The smallest absolute Gasteiger partial charge is 0.0657 e. The molecule has 0 N–H and O–H groups in total. The van der Waals surface area contributed by atoms with Gasteiger partial charge in [-0.05, 0) is 96.1 Å². The van der Waals surface area contributed by atoms with Gasteiger partial charge >= 0.3 is 0 Å². The lowest BCUT2D eigenvalue weighted by Crippen LogP contribution is -2.56. The van der Waals surface area contributed by atoms with Crippen LogP contribution in [0.5, 0.6) is 0 Å². The summed E-state index contributed by atoms with van der Waals surface area (Å²) < 4.78 is 0. The van der Waals surface area contributed by atoms with Gasteiger partial charge in [0.15, 0.2) is 0 Å². The average Bonchev–Trinajstić information content (AvgIpc) is 3.06. The van der Waals surface area contributed by atoms with E-state index in [9.17, 15) is 0 Å². The molecule has 0 aliphatic heterocycles. The Morgan fingerprint density at radius 1 is 0.383 bits per heavy atom. The maximum absolute atomic E-state index is 2.41. The minimum atomic E-state index is 0.124. The largest absolute Gasteiger partial charge is 0.243 e. The van der Waals surface area contributed by atoms with Gasteiger partial charge in [0.1, 0.15) is 0 Å². The summed E-state index contributed by atoms with van der Waals surface area (Å²) >= 11 is 0. The summed E-state index contributed by atoms with van der Waals surface area (Å²) in [5.41, 5.74) is 17.4. The molecule has 8 rings (SSSR count). The van der Waals surface area contributed by atoms with Gasteiger partial charge in [0.05, 0.1) is 0 Å². The molecule has 0 radical (unpaired) electrons. The third-order valence-electron chi connectivity index (χ3n) is 10.4. The minimum Gasteiger partial charge on any atom is -0.0657 e. The molecular formula is C46H39B. The number of aryl methyl sites for hydroxylation is 6. The Morgan fingerprint density at radius 2 is 0.851 bits per heavy atom. The van der Waals surface area contributed by atoms with Crippen LogP contribution in [0.25, 0.3) is 54.6 Å². The van der Waals surface area contributed by atoms with Crippen molar-refractivity contribution in [3.63, 3.8) is 0 Å². The van der Waals surface area contributed by atoms with Crippen LogP contribution in [0.2, 0.25) is 0 Å². The molecule has 0 aliphatic rings. The van der Waals surface area contributed by atoms with E-state index in [1.165, 1.54) is 104 Å². The Bertz CT molecular complexity index is 2360. The third kappa shape index (κ3) is 4.76. The van der Waals surface area contributed by atoms with Gasteiger partial charge in [-0.1, -0.05) is 177 Å². The SMILES string of the molecule is Cc1cc(C)c(B(c2c(C)cc(C)cc2C)c2ccc3ccc4c(-c5ccccc5-c5ccccc5)ccc5ccc2c3c54)c(C)c1. The van der Waals surface area contributed by atoms with Crippen LogP contribution < -0.4 is 16.4 Å².